The van der Waals surface area contributed by atoms with Crippen LogP contribution < -0.4 is 0 Å². The van der Waals surface area contributed by atoms with Crippen molar-refractivity contribution in [2.24, 2.45) is 4.99 Å². The zero-order valence-electron chi connectivity index (χ0n) is 23.2. The molecule has 6 nitrogen and oxygen atoms in total. The van der Waals surface area contributed by atoms with Gasteiger partial charge in [0.1, 0.15) is 0 Å². The Morgan fingerprint density at radius 3 is 1.44 bits per heavy atom. The van der Waals surface area contributed by atoms with E-state index in [0.717, 1.165) is 56.5 Å². The topological polar surface area (TPSA) is 76.8 Å². The molecule has 6 heteroatoms. The molecule has 0 fully saturated rings. The number of pyridine rings is 2. The molecule has 4 heterocycles. The predicted octanol–water partition coefficient (Wildman–Crippen LogP) is 8.37. The average molecular weight is 555 g/mol. The molecule has 0 atom stereocenters. The number of allylic oxidation sites excluding steroid dienone is 3. The summed E-state index contributed by atoms with van der Waals surface area (Å²) in [6.45, 7) is 0. The lowest BCUT2D eigenvalue weighted by molar-refractivity contribution is 1.07. The van der Waals surface area contributed by atoms with Gasteiger partial charge in [0.25, 0.3) is 0 Å². The highest BCUT2D eigenvalue weighted by atomic mass is 15.0. The van der Waals surface area contributed by atoms with Crippen LogP contribution in [0.5, 0.6) is 0 Å². The fourth-order valence-corrected chi connectivity index (χ4v) is 5.05. The maximum Gasteiger partial charge on any atom is 0.164 e. The molecule has 3 aromatic heterocycles. The first-order valence-corrected chi connectivity index (χ1v) is 14.1. The van der Waals surface area contributed by atoms with Gasteiger partial charge in [-0.15, -0.1) is 0 Å². The highest BCUT2D eigenvalue weighted by Gasteiger charge is 2.15. The Hall–Kier alpha value is -5.88. The van der Waals surface area contributed by atoms with Crippen LogP contribution in [0.3, 0.4) is 0 Å². The minimum Gasteiger partial charge on any atom is -0.264 e. The largest absolute Gasteiger partial charge is 0.264 e. The monoisotopic (exact) mass is 554 g/mol. The Labute approximate surface area is 250 Å². The smallest absolute Gasteiger partial charge is 0.164 e. The van der Waals surface area contributed by atoms with Crippen molar-refractivity contribution in [2.45, 2.75) is 6.42 Å². The van der Waals surface area contributed by atoms with E-state index in [4.69, 9.17) is 15.0 Å². The van der Waals surface area contributed by atoms with Crippen molar-refractivity contribution in [3.05, 3.63) is 146 Å². The van der Waals surface area contributed by atoms with Gasteiger partial charge in [-0.25, -0.2) is 15.0 Å². The van der Waals surface area contributed by atoms with E-state index in [9.17, 15) is 0 Å². The lowest BCUT2D eigenvalue weighted by Gasteiger charge is -2.11. The number of hydrogen-bond donors (Lipinski definition) is 0. The van der Waals surface area contributed by atoms with Gasteiger partial charge in [0.05, 0.1) is 0 Å². The van der Waals surface area contributed by atoms with E-state index in [2.05, 4.69) is 57.4 Å². The summed E-state index contributed by atoms with van der Waals surface area (Å²) in [7, 11) is 0. The van der Waals surface area contributed by atoms with Crippen molar-refractivity contribution in [1.82, 2.24) is 24.9 Å². The Morgan fingerprint density at radius 2 is 0.930 bits per heavy atom. The van der Waals surface area contributed by atoms with Gasteiger partial charge < -0.3 is 0 Å². The Kier molecular flexibility index (Phi) is 7.22. The van der Waals surface area contributed by atoms with Gasteiger partial charge in [0, 0.05) is 65.0 Å². The lowest BCUT2D eigenvalue weighted by Crippen LogP contribution is -2.01. The summed E-state index contributed by atoms with van der Waals surface area (Å²) in [5, 5.41) is 0. The maximum absolute atomic E-state index is 5.01. The highest BCUT2D eigenvalue weighted by Crippen LogP contribution is 2.31. The molecule has 0 bridgehead atoms. The van der Waals surface area contributed by atoms with Crippen LogP contribution >= 0.6 is 0 Å². The SMILES string of the molecule is C1=CCC(c2cccc(-c3nc(-c4cccc(-c5cccnc5)c4)nc(-c4cccc(-c5cccnc5)c4)n3)c2)=CN=C1. The standard InChI is InChI=1S/C37H26N6/c1-2-17-38-23-32(8-1)26-9-3-12-29(20-26)35-41-36(30-13-4-10-27(21-30)33-15-6-18-39-24-33)43-37(42-35)31-14-5-11-28(22-31)34-16-7-19-40-25-34/h1-7,9-25H,8H2. The van der Waals surface area contributed by atoms with Crippen LogP contribution in [0.25, 0.3) is 62.0 Å². The van der Waals surface area contributed by atoms with E-state index in [1.165, 1.54) is 0 Å². The van der Waals surface area contributed by atoms with Gasteiger partial charge >= 0.3 is 0 Å². The molecule has 3 aromatic carbocycles. The van der Waals surface area contributed by atoms with E-state index in [-0.39, 0.29) is 0 Å². The second-order valence-electron chi connectivity index (χ2n) is 10.1. The third-order valence-corrected chi connectivity index (χ3v) is 7.23. The molecule has 0 radical (unpaired) electrons. The second-order valence-corrected chi connectivity index (χ2v) is 10.1. The van der Waals surface area contributed by atoms with Crippen LogP contribution in [0.4, 0.5) is 0 Å². The van der Waals surface area contributed by atoms with Crippen molar-refractivity contribution >= 4 is 11.8 Å². The van der Waals surface area contributed by atoms with E-state index in [1.54, 1.807) is 18.6 Å². The number of benzene rings is 3. The number of hydrogen-bond acceptors (Lipinski definition) is 6. The number of rotatable bonds is 6. The van der Waals surface area contributed by atoms with Crippen LogP contribution in [-0.2, 0) is 0 Å². The van der Waals surface area contributed by atoms with Crippen molar-refractivity contribution in [3.63, 3.8) is 0 Å². The molecule has 204 valence electrons. The fraction of sp³-hybridized carbons (Fsp3) is 0.0270. The van der Waals surface area contributed by atoms with Crippen LogP contribution in [0, 0.1) is 0 Å². The van der Waals surface area contributed by atoms with Crippen molar-refractivity contribution in [2.75, 3.05) is 0 Å². The molecule has 0 saturated heterocycles. The average Bonchev–Trinajstić information content (AvgIpc) is 3.39. The highest BCUT2D eigenvalue weighted by molar-refractivity contribution is 5.79. The van der Waals surface area contributed by atoms with Gasteiger partial charge in [-0.1, -0.05) is 72.8 Å². The van der Waals surface area contributed by atoms with Crippen molar-refractivity contribution in [1.29, 1.82) is 0 Å². The Bertz CT molecular complexity index is 1890. The molecule has 1 aliphatic rings. The van der Waals surface area contributed by atoms with E-state index >= 15 is 0 Å². The summed E-state index contributed by atoms with van der Waals surface area (Å²) in [6.07, 6.45) is 15.9. The molecule has 0 spiro atoms. The lowest BCUT2D eigenvalue weighted by atomic mass is 10.0. The van der Waals surface area contributed by atoms with Gasteiger partial charge in [0.2, 0.25) is 0 Å². The fourth-order valence-electron chi connectivity index (χ4n) is 5.05. The van der Waals surface area contributed by atoms with Crippen LogP contribution in [0.1, 0.15) is 12.0 Å². The summed E-state index contributed by atoms with van der Waals surface area (Å²) in [5.74, 6) is 1.81. The molecule has 6 aromatic rings. The molecule has 0 unspecified atom stereocenters. The van der Waals surface area contributed by atoms with E-state index in [0.29, 0.717) is 17.5 Å². The van der Waals surface area contributed by atoms with Gasteiger partial charge in [-0.3, -0.25) is 15.0 Å². The maximum atomic E-state index is 5.01. The molecule has 0 N–H and O–H groups in total. The number of nitrogens with zero attached hydrogens (tertiary/aromatic N) is 6. The summed E-state index contributed by atoms with van der Waals surface area (Å²) in [6, 6.07) is 32.7. The Balaban J connectivity index is 1.37. The number of aliphatic imine (C=N–C) groups is 1. The minimum atomic E-state index is 0.601. The third kappa shape index (κ3) is 5.80. The van der Waals surface area contributed by atoms with Crippen LogP contribution in [0.15, 0.2) is 145 Å². The zero-order chi connectivity index (χ0) is 28.8. The zero-order valence-corrected chi connectivity index (χ0v) is 23.2. The third-order valence-electron chi connectivity index (χ3n) is 7.23. The summed E-state index contributed by atoms with van der Waals surface area (Å²) in [5.41, 5.74) is 9.08. The van der Waals surface area contributed by atoms with Crippen LogP contribution in [0.2, 0.25) is 0 Å². The molecule has 43 heavy (non-hydrogen) atoms. The first kappa shape index (κ1) is 26.0. The van der Waals surface area contributed by atoms with Crippen molar-refractivity contribution < 1.29 is 0 Å². The first-order chi connectivity index (χ1) is 21.3. The Morgan fingerprint density at radius 1 is 0.465 bits per heavy atom. The molecule has 0 saturated carbocycles. The quantitative estimate of drug-likeness (QED) is 0.207. The van der Waals surface area contributed by atoms with Crippen LogP contribution in [-0.4, -0.2) is 31.1 Å². The minimum absolute atomic E-state index is 0.601. The molecule has 1 aliphatic heterocycles. The van der Waals surface area contributed by atoms with E-state index in [1.807, 2.05) is 85.3 Å². The molecular formula is C37H26N6. The molecule has 7 rings (SSSR count). The number of aromatic nitrogens is 5. The van der Waals surface area contributed by atoms with Gasteiger partial charge in [0.15, 0.2) is 17.5 Å². The molecular weight excluding hydrogens is 528 g/mol. The molecule has 0 amide bonds. The molecule has 0 aliphatic carbocycles. The summed E-state index contributed by atoms with van der Waals surface area (Å²) >= 11 is 0. The summed E-state index contributed by atoms with van der Waals surface area (Å²) < 4.78 is 0. The second kappa shape index (κ2) is 11.9. The summed E-state index contributed by atoms with van der Waals surface area (Å²) in [4.78, 5) is 28.0. The van der Waals surface area contributed by atoms with Gasteiger partial charge in [-0.2, -0.15) is 0 Å². The van der Waals surface area contributed by atoms with Gasteiger partial charge in [-0.05, 0) is 65.1 Å². The van der Waals surface area contributed by atoms with Crippen molar-refractivity contribution in [3.8, 4) is 56.4 Å². The van der Waals surface area contributed by atoms with E-state index < -0.39 is 0 Å². The first-order valence-electron chi connectivity index (χ1n) is 14.1. The normalized spacial score (nSPS) is 12.5. The predicted molar refractivity (Wildman–Crippen MR) is 173 cm³/mol.